The minimum Gasteiger partial charge on any atom is -0.355 e. The van der Waals surface area contributed by atoms with E-state index in [1.165, 1.54) is 23.1 Å². The van der Waals surface area contributed by atoms with E-state index in [1.807, 2.05) is 34.6 Å². The Morgan fingerprint density at radius 2 is 1.95 bits per heavy atom. The Hall–Kier alpha value is -1.35. The summed E-state index contributed by atoms with van der Waals surface area (Å²) < 4.78 is 0.685. The van der Waals surface area contributed by atoms with Crippen molar-refractivity contribution < 1.29 is 9.59 Å². The van der Waals surface area contributed by atoms with Crippen molar-refractivity contribution in [2.45, 2.75) is 44.5 Å². The van der Waals surface area contributed by atoms with E-state index in [0.29, 0.717) is 21.9 Å². The summed E-state index contributed by atoms with van der Waals surface area (Å²) in [7, 11) is 0. The molecular formula is C13H23N5O2S2. The molecule has 124 valence electrons. The number of imide groups is 1. The molecule has 0 fully saturated rings. The smallest absolute Gasteiger partial charge is 0.321 e. The van der Waals surface area contributed by atoms with Crippen LogP contribution in [0.5, 0.6) is 0 Å². The Balaban J connectivity index is 2.34. The van der Waals surface area contributed by atoms with Gasteiger partial charge in [-0.15, -0.1) is 10.2 Å². The highest BCUT2D eigenvalue weighted by molar-refractivity contribution is 8.01. The van der Waals surface area contributed by atoms with Gasteiger partial charge in [0.25, 0.3) is 0 Å². The predicted molar refractivity (Wildman–Crippen MR) is 90.4 cm³/mol. The van der Waals surface area contributed by atoms with Crippen molar-refractivity contribution in [3.63, 3.8) is 0 Å². The van der Waals surface area contributed by atoms with Crippen molar-refractivity contribution in [1.82, 2.24) is 20.8 Å². The fraction of sp³-hybridized carbons (Fsp3) is 0.692. The second kappa shape index (κ2) is 8.33. The van der Waals surface area contributed by atoms with E-state index >= 15 is 0 Å². The second-order valence-electron chi connectivity index (χ2n) is 6.19. The topological polar surface area (TPSA) is 96.0 Å². The van der Waals surface area contributed by atoms with Gasteiger partial charge in [-0.2, -0.15) is 0 Å². The molecule has 0 unspecified atom stereocenters. The lowest BCUT2D eigenvalue weighted by Crippen LogP contribution is -2.41. The number of hydrogen-bond donors (Lipinski definition) is 3. The summed E-state index contributed by atoms with van der Waals surface area (Å²) in [5, 5.41) is 16.9. The maximum Gasteiger partial charge on any atom is 0.321 e. The number of carbonyl (C=O) groups is 2. The van der Waals surface area contributed by atoms with Gasteiger partial charge in [0.05, 0.1) is 5.75 Å². The zero-order chi connectivity index (χ0) is 16.8. The zero-order valence-electron chi connectivity index (χ0n) is 13.5. The van der Waals surface area contributed by atoms with Gasteiger partial charge in [-0.25, -0.2) is 4.79 Å². The average molecular weight is 345 g/mol. The van der Waals surface area contributed by atoms with E-state index in [4.69, 9.17) is 0 Å². The molecule has 0 saturated heterocycles. The third kappa shape index (κ3) is 8.18. The Morgan fingerprint density at radius 1 is 1.27 bits per heavy atom. The number of amides is 3. The molecule has 9 heteroatoms. The minimum absolute atomic E-state index is 0.0899. The summed E-state index contributed by atoms with van der Waals surface area (Å²) in [6.45, 7) is 10.6. The van der Waals surface area contributed by atoms with Crippen LogP contribution in [0.25, 0.3) is 0 Å². The molecule has 3 amide bonds. The molecule has 0 atom stereocenters. The summed E-state index contributed by atoms with van der Waals surface area (Å²) in [4.78, 5) is 23.1. The van der Waals surface area contributed by atoms with E-state index in [0.717, 1.165) is 0 Å². The number of nitrogens with zero attached hydrogens (tertiary/aromatic N) is 2. The molecule has 22 heavy (non-hydrogen) atoms. The van der Waals surface area contributed by atoms with Crippen molar-refractivity contribution in [3.8, 4) is 0 Å². The van der Waals surface area contributed by atoms with Gasteiger partial charge in [0.1, 0.15) is 0 Å². The summed E-state index contributed by atoms with van der Waals surface area (Å²) in [5.74, 6) is 0.108. The van der Waals surface area contributed by atoms with E-state index < -0.39 is 6.03 Å². The second-order valence-corrected chi connectivity index (χ2v) is 8.39. The van der Waals surface area contributed by atoms with Crippen molar-refractivity contribution >= 4 is 40.2 Å². The van der Waals surface area contributed by atoms with Crippen molar-refractivity contribution in [2.75, 3.05) is 17.6 Å². The van der Waals surface area contributed by atoms with E-state index in [1.54, 1.807) is 0 Å². The molecular weight excluding hydrogens is 322 g/mol. The molecule has 7 nitrogen and oxygen atoms in total. The fourth-order valence-corrected chi connectivity index (χ4v) is 3.03. The number of thioether (sulfide) groups is 1. The molecule has 1 aromatic rings. The van der Waals surface area contributed by atoms with Gasteiger partial charge in [-0.3, -0.25) is 10.1 Å². The van der Waals surface area contributed by atoms with Gasteiger partial charge in [-0.05, 0) is 26.7 Å². The SMILES string of the molecule is CC(C)CNC(=O)NC(=O)CSc1nnc(NC(C)(C)C)s1. The van der Waals surface area contributed by atoms with Crippen LogP contribution in [0.4, 0.5) is 9.93 Å². The first-order valence-electron chi connectivity index (χ1n) is 6.98. The molecule has 0 saturated carbocycles. The number of urea groups is 1. The van der Waals surface area contributed by atoms with E-state index in [9.17, 15) is 9.59 Å². The van der Waals surface area contributed by atoms with Crippen LogP contribution in [0, 0.1) is 5.92 Å². The first kappa shape index (κ1) is 18.7. The van der Waals surface area contributed by atoms with Crippen molar-refractivity contribution in [3.05, 3.63) is 0 Å². The monoisotopic (exact) mass is 345 g/mol. The van der Waals surface area contributed by atoms with Crippen molar-refractivity contribution in [1.29, 1.82) is 0 Å². The highest BCUT2D eigenvalue weighted by Crippen LogP contribution is 2.26. The molecule has 0 aliphatic carbocycles. The van der Waals surface area contributed by atoms with Crippen LogP contribution in [0.2, 0.25) is 0 Å². The normalized spacial score (nSPS) is 11.4. The van der Waals surface area contributed by atoms with Crippen LogP contribution >= 0.6 is 23.1 Å². The third-order valence-electron chi connectivity index (χ3n) is 2.14. The highest BCUT2D eigenvalue weighted by atomic mass is 32.2. The molecule has 1 aromatic heterocycles. The van der Waals surface area contributed by atoms with Gasteiger partial charge in [0.2, 0.25) is 11.0 Å². The standard InChI is InChI=1S/C13H23N5O2S2/c1-8(2)6-14-10(20)15-9(19)7-21-12-18-17-11(22-12)16-13(3,4)5/h8H,6-7H2,1-5H3,(H,16,17)(H2,14,15,19,20). The largest absolute Gasteiger partial charge is 0.355 e. The average Bonchev–Trinajstić information content (AvgIpc) is 2.79. The Morgan fingerprint density at radius 3 is 2.55 bits per heavy atom. The van der Waals surface area contributed by atoms with E-state index in [-0.39, 0.29) is 17.2 Å². The van der Waals surface area contributed by atoms with E-state index in [2.05, 4.69) is 26.1 Å². The van der Waals surface area contributed by atoms with Crippen LogP contribution < -0.4 is 16.0 Å². The Kier molecular flexibility index (Phi) is 7.08. The number of nitrogens with one attached hydrogen (secondary N) is 3. The summed E-state index contributed by atoms with van der Waals surface area (Å²) >= 11 is 2.64. The van der Waals surface area contributed by atoms with Crippen LogP contribution in [-0.2, 0) is 4.79 Å². The summed E-state index contributed by atoms with van der Waals surface area (Å²) in [5.41, 5.74) is -0.0899. The lowest BCUT2D eigenvalue weighted by atomic mass is 10.1. The number of aromatic nitrogens is 2. The van der Waals surface area contributed by atoms with Gasteiger partial charge >= 0.3 is 6.03 Å². The molecule has 1 heterocycles. The van der Waals surface area contributed by atoms with Gasteiger partial charge in [0, 0.05) is 12.1 Å². The van der Waals surface area contributed by atoms with Crippen LogP contribution in [-0.4, -0.2) is 40.0 Å². The fourth-order valence-electron chi connectivity index (χ4n) is 1.27. The zero-order valence-corrected chi connectivity index (χ0v) is 15.2. The molecule has 0 bridgehead atoms. The first-order valence-corrected chi connectivity index (χ1v) is 8.78. The molecule has 1 rings (SSSR count). The number of carbonyl (C=O) groups excluding carboxylic acids is 2. The quantitative estimate of drug-likeness (QED) is 0.685. The molecule has 3 N–H and O–H groups in total. The summed E-state index contributed by atoms with van der Waals surface area (Å²) in [6.07, 6.45) is 0. The van der Waals surface area contributed by atoms with Crippen LogP contribution in [0.3, 0.4) is 0 Å². The molecule has 0 radical (unpaired) electrons. The third-order valence-corrected chi connectivity index (χ3v) is 4.11. The van der Waals surface area contributed by atoms with Crippen LogP contribution in [0.15, 0.2) is 4.34 Å². The minimum atomic E-state index is -0.466. The van der Waals surface area contributed by atoms with Gasteiger partial charge in [0.15, 0.2) is 4.34 Å². The number of anilines is 1. The summed E-state index contributed by atoms with van der Waals surface area (Å²) in [6, 6.07) is -0.466. The molecule has 0 spiro atoms. The number of rotatable bonds is 6. The Bertz CT molecular complexity index is 511. The number of hydrogen-bond acceptors (Lipinski definition) is 7. The van der Waals surface area contributed by atoms with Gasteiger partial charge < -0.3 is 10.6 Å². The lowest BCUT2D eigenvalue weighted by molar-refractivity contribution is -0.117. The van der Waals surface area contributed by atoms with Crippen molar-refractivity contribution in [2.24, 2.45) is 5.92 Å². The molecule has 0 aliphatic heterocycles. The molecule has 0 aromatic carbocycles. The first-order chi connectivity index (χ1) is 10.2. The predicted octanol–water partition coefficient (Wildman–Crippen LogP) is 2.32. The highest BCUT2D eigenvalue weighted by Gasteiger charge is 2.14. The maximum absolute atomic E-state index is 11.7. The van der Waals surface area contributed by atoms with Crippen LogP contribution in [0.1, 0.15) is 34.6 Å². The Labute approximate surface area is 139 Å². The maximum atomic E-state index is 11.7. The molecule has 0 aliphatic rings. The lowest BCUT2D eigenvalue weighted by Gasteiger charge is -2.18. The van der Waals surface area contributed by atoms with Gasteiger partial charge in [-0.1, -0.05) is 36.9 Å².